The molecule has 0 aromatic rings. The molecular weight excluding hydrogens is 554 g/mol. The first-order chi connectivity index (χ1) is 20.1. The Hall–Kier alpha value is -3.39. The number of allylic oxidation sites excluding steroid dienone is 2. The van der Waals surface area contributed by atoms with Crippen LogP contribution < -0.4 is 10.6 Å². The van der Waals surface area contributed by atoms with Gasteiger partial charge in [-0.2, -0.15) is 0 Å². The zero-order chi connectivity index (χ0) is 31.7. The zero-order valence-corrected chi connectivity index (χ0v) is 25.5. The molecule has 0 aliphatic heterocycles. The van der Waals surface area contributed by atoms with E-state index in [1.165, 1.54) is 5.57 Å². The average molecular weight is 600 g/mol. The number of terminal acetylenes is 1. The van der Waals surface area contributed by atoms with E-state index in [9.17, 15) is 29.4 Å². The van der Waals surface area contributed by atoms with Gasteiger partial charge in [0, 0.05) is 5.41 Å². The van der Waals surface area contributed by atoms with Gasteiger partial charge in [0.25, 0.3) is 5.91 Å². The van der Waals surface area contributed by atoms with Crippen LogP contribution >= 0.6 is 0 Å². The number of rotatable bonds is 10. The van der Waals surface area contributed by atoms with Crippen LogP contribution in [0.3, 0.4) is 0 Å². The lowest BCUT2D eigenvalue weighted by molar-refractivity contribution is -0.147. The van der Waals surface area contributed by atoms with Crippen molar-refractivity contribution in [1.29, 1.82) is 0 Å². The summed E-state index contributed by atoms with van der Waals surface area (Å²) in [6, 6.07) is -2.70. The summed E-state index contributed by atoms with van der Waals surface area (Å²) in [5.74, 6) is -0.430. The Labute approximate surface area is 252 Å². The standard InChI is InChI=1S/C32H45N3O8/c1-6-32(42)14-11-23-21-8-7-19-15-20(9-12-30(19,4)22(21)10-13-31(23,32)5)35-43-17-25(36)34-27(18(2)3)28(39)33-24(29(40)41)16-26(37)38/h1,15,18,21-24,27,42H,7-14,16-17H2,2-5H3,(H,33,39)(H,34,36)(H,37,38)(H,40,41)/b35-20-/t21-,22+,23+,24-,27+,30+,31+,32-/m1/s1. The maximum atomic E-state index is 12.6. The molecule has 4 aliphatic carbocycles. The minimum absolute atomic E-state index is 0.0454. The molecule has 0 aromatic carbocycles. The van der Waals surface area contributed by atoms with Gasteiger partial charge in [0.2, 0.25) is 5.91 Å². The van der Waals surface area contributed by atoms with Crippen LogP contribution in [0.5, 0.6) is 0 Å². The molecule has 43 heavy (non-hydrogen) atoms. The minimum atomic E-state index is -1.62. The summed E-state index contributed by atoms with van der Waals surface area (Å²) in [6.45, 7) is 7.46. The highest BCUT2D eigenvalue weighted by Gasteiger charge is 2.63. The fourth-order valence-corrected chi connectivity index (χ4v) is 8.46. The molecule has 11 heteroatoms. The fraction of sp³-hybridized carbons (Fsp3) is 0.719. The Morgan fingerprint density at radius 2 is 1.77 bits per heavy atom. The van der Waals surface area contributed by atoms with Crippen LogP contribution in [-0.2, 0) is 24.0 Å². The van der Waals surface area contributed by atoms with E-state index in [1.807, 2.05) is 0 Å². The third kappa shape index (κ3) is 6.17. The third-order valence-electron chi connectivity index (χ3n) is 11.0. The molecule has 0 saturated heterocycles. The highest BCUT2D eigenvalue weighted by molar-refractivity contribution is 5.96. The van der Waals surface area contributed by atoms with Crippen LogP contribution in [0, 0.1) is 46.8 Å². The van der Waals surface area contributed by atoms with E-state index in [-0.39, 0.29) is 10.8 Å². The van der Waals surface area contributed by atoms with Crippen LogP contribution in [0.4, 0.5) is 0 Å². The zero-order valence-electron chi connectivity index (χ0n) is 25.5. The quantitative estimate of drug-likeness (QED) is 0.188. The second-order valence-corrected chi connectivity index (χ2v) is 13.6. The molecule has 2 amide bonds. The number of hydrogen-bond donors (Lipinski definition) is 5. The van der Waals surface area contributed by atoms with Crippen molar-refractivity contribution in [2.75, 3.05) is 6.61 Å². The number of nitrogens with one attached hydrogen (secondary N) is 2. The summed E-state index contributed by atoms with van der Waals surface area (Å²) < 4.78 is 0. The Kier molecular flexibility index (Phi) is 9.31. The first-order valence-corrected chi connectivity index (χ1v) is 15.3. The lowest BCUT2D eigenvalue weighted by Crippen LogP contribution is -2.54. The maximum Gasteiger partial charge on any atom is 0.326 e. The summed E-state index contributed by atoms with van der Waals surface area (Å²) in [5.41, 5.74) is 0.909. The first-order valence-electron chi connectivity index (χ1n) is 15.3. The molecule has 4 aliphatic rings. The number of hydrogen-bond acceptors (Lipinski definition) is 7. The van der Waals surface area contributed by atoms with Gasteiger partial charge in [0.15, 0.2) is 6.61 Å². The molecule has 0 spiro atoms. The third-order valence-corrected chi connectivity index (χ3v) is 11.0. The number of oxime groups is 1. The Balaban J connectivity index is 1.35. The number of amides is 2. The highest BCUT2D eigenvalue weighted by atomic mass is 16.6. The molecule has 0 heterocycles. The fourth-order valence-electron chi connectivity index (χ4n) is 8.46. The van der Waals surface area contributed by atoms with Crippen LogP contribution in [-0.4, -0.2) is 69.1 Å². The number of aliphatic carboxylic acids is 2. The predicted octanol–water partition coefficient (Wildman–Crippen LogP) is 2.87. The molecule has 236 valence electrons. The molecule has 8 atom stereocenters. The van der Waals surface area contributed by atoms with Crippen molar-refractivity contribution in [1.82, 2.24) is 10.6 Å². The number of nitrogens with zero attached hydrogens (tertiary/aromatic N) is 1. The van der Waals surface area contributed by atoms with Gasteiger partial charge in [-0.25, -0.2) is 4.79 Å². The molecule has 11 nitrogen and oxygen atoms in total. The topological polar surface area (TPSA) is 175 Å². The predicted molar refractivity (Wildman–Crippen MR) is 157 cm³/mol. The highest BCUT2D eigenvalue weighted by Crippen LogP contribution is 2.67. The Morgan fingerprint density at radius 3 is 2.40 bits per heavy atom. The van der Waals surface area contributed by atoms with Crippen molar-refractivity contribution in [2.24, 2.45) is 39.7 Å². The second kappa shape index (κ2) is 12.3. The largest absolute Gasteiger partial charge is 0.481 e. The summed E-state index contributed by atoms with van der Waals surface area (Å²) in [7, 11) is 0. The molecule has 0 aromatic heterocycles. The van der Waals surface area contributed by atoms with Gasteiger partial charge < -0.3 is 30.8 Å². The molecular formula is C32H45N3O8. The van der Waals surface area contributed by atoms with Crippen molar-refractivity contribution in [3.05, 3.63) is 11.6 Å². The molecule has 0 bridgehead atoms. The van der Waals surface area contributed by atoms with E-state index in [1.54, 1.807) is 13.8 Å². The van der Waals surface area contributed by atoms with E-state index >= 15 is 0 Å². The monoisotopic (exact) mass is 599 g/mol. The summed E-state index contributed by atoms with van der Waals surface area (Å²) >= 11 is 0. The van der Waals surface area contributed by atoms with E-state index in [2.05, 4.69) is 41.6 Å². The van der Waals surface area contributed by atoms with Gasteiger partial charge in [0.1, 0.15) is 17.7 Å². The maximum absolute atomic E-state index is 12.6. The number of carboxylic acid groups (broad SMARTS) is 2. The van der Waals surface area contributed by atoms with Crippen LogP contribution in [0.1, 0.15) is 85.5 Å². The number of fused-ring (bicyclic) bond motifs is 5. The molecule has 3 fully saturated rings. The molecule has 0 radical (unpaired) electrons. The summed E-state index contributed by atoms with van der Waals surface area (Å²) in [4.78, 5) is 52.9. The van der Waals surface area contributed by atoms with Crippen molar-refractivity contribution in [3.63, 3.8) is 0 Å². The van der Waals surface area contributed by atoms with Gasteiger partial charge in [-0.15, -0.1) is 6.42 Å². The summed E-state index contributed by atoms with van der Waals surface area (Å²) in [5, 5.41) is 38.3. The SMILES string of the molecule is C#C[C@@]1(O)CC[C@H]2[C@@H]3CCC4=C/C(=N\OCC(=O)N[C@H](C(=O)N[C@H](CC(=O)O)C(=O)O)C(C)C)CC[C@]4(C)[C@H]3CC[C@@]21C. The lowest BCUT2D eigenvalue weighted by Gasteiger charge is -2.58. The van der Waals surface area contributed by atoms with Crippen LogP contribution in [0.25, 0.3) is 0 Å². The molecule has 4 rings (SSSR count). The van der Waals surface area contributed by atoms with E-state index in [0.717, 1.165) is 44.2 Å². The van der Waals surface area contributed by atoms with Crippen molar-refractivity contribution in [2.45, 2.75) is 103 Å². The van der Waals surface area contributed by atoms with Crippen LogP contribution in [0.2, 0.25) is 0 Å². The van der Waals surface area contributed by atoms with Gasteiger partial charge in [-0.3, -0.25) is 14.4 Å². The van der Waals surface area contributed by atoms with Gasteiger partial charge in [0.05, 0.1) is 12.1 Å². The number of aliphatic hydroxyl groups is 1. The van der Waals surface area contributed by atoms with E-state index in [4.69, 9.17) is 16.4 Å². The van der Waals surface area contributed by atoms with Gasteiger partial charge in [-0.1, -0.05) is 44.3 Å². The van der Waals surface area contributed by atoms with Crippen molar-refractivity contribution >= 4 is 29.5 Å². The average Bonchev–Trinajstić information content (AvgIpc) is 3.21. The normalized spacial score (nSPS) is 35.3. The van der Waals surface area contributed by atoms with E-state index < -0.39 is 60.4 Å². The minimum Gasteiger partial charge on any atom is -0.481 e. The Morgan fingerprint density at radius 1 is 1.07 bits per heavy atom. The van der Waals surface area contributed by atoms with Crippen molar-refractivity contribution < 1.29 is 39.3 Å². The molecule has 3 saturated carbocycles. The first kappa shape index (κ1) is 32.5. The van der Waals surface area contributed by atoms with Gasteiger partial charge >= 0.3 is 11.9 Å². The number of carbonyl (C=O) groups excluding carboxylic acids is 2. The molecule has 0 unspecified atom stereocenters. The Bertz CT molecular complexity index is 1250. The lowest BCUT2D eigenvalue weighted by atomic mass is 9.46. The summed E-state index contributed by atoms with van der Waals surface area (Å²) in [6.07, 6.45) is 14.4. The van der Waals surface area contributed by atoms with Crippen LogP contribution in [0.15, 0.2) is 16.8 Å². The number of carboxylic acids is 2. The number of carbonyl (C=O) groups is 4. The second-order valence-electron chi connectivity index (χ2n) is 13.6. The molecule has 5 N–H and O–H groups in total. The van der Waals surface area contributed by atoms with Gasteiger partial charge in [-0.05, 0) is 86.5 Å². The smallest absolute Gasteiger partial charge is 0.326 e. The van der Waals surface area contributed by atoms with Crippen molar-refractivity contribution in [3.8, 4) is 12.3 Å². The van der Waals surface area contributed by atoms with E-state index in [0.29, 0.717) is 30.6 Å².